The summed E-state index contributed by atoms with van der Waals surface area (Å²) in [5, 5.41) is 2.82. The zero-order valence-corrected chi connectivity index (χ0v) is 9.13. The van der Waals surface area contributed by atoms with E-state index in [0.29, 0.717) is 0 Å². The molecule has 1 aliphatic carbocycles. The fraction of sp³-hybridized carbons (Fsp3) is 0.417. The van der Waals surface area contributed by atoms with Gasteiger partial charge in [0, 0.05) is 18.2 Å². The lowest BCUT2D eigenvalue weighted by Crippen LogP contribution is -2.19. The first-order valence-corrected chi connectivity index (χ1v) is 5.19. The van der Waals surface area contributed by atoms with Gasteiger partial charge in [0.1, 0.15) is 0 Å². The average Bonchev–Trinajstić information content (AvgIpc) is 2.88. The van der Waals surface area contributed by atoms with Crippen LogP contribution in [0.15, 0.2) is 18.2 Å². The molecule has 3 heteroatoms. The van der Waals surface area contributed by atoms with E-state index in [2.05, 4.69) is 5.32 Å². The number of carbonyl (C=O) groups excluding carboxylic acids is 1. The van der Waals surface area contributed by atoms with Crippen molar-refractivity contribution in [2.45, 2.75) is 32.2 Å². The van der Waals surface area contributed by atoms with Gasteiger partial charge >= 0.3 is 0 Å². The van der Waals surface area contributed by atoms with Crippen LogP contribution in [0.1, 0.15) is 30.9 Å². The summed E-state index contributed by atoms with van der Waals surface area (Å²) in [4.78, 5) is 11.0. The summed E-state index contributed by atoms with van der Waals surface area (Å²) in [6, 6.07) is 6.05. The summed E-state index contributed by atoms with van der Waals surface area (Å²) < 4.78 is 0. The van der Waals surface area contributed by atoms with E-state index in [1.807, 2.05) is 25.1 Å². The van der Waals surface area contributed by atoms with Crippen LogP contribution >= 0.6 is 0 Å². The molecular weight excluding hydrogens is 188 g/mol. The molecule has 2 rings (SSSR count). The van der Waals surface area contributed by atoms with Gasteiger partial charge in [-0.25, -0.2) is 0 Å². The first kappa shape index (κ1) is 10.2. The van der Waals surface area contributed by atoms with E-state index in [9.17, 15) is 4.79 Å². The normalized spacial score (nSPS) is 17.3. The molecule has 0 spiro atoms. The van der Waals surface area contributed by atoms with Crippen molar-refractivity contribution in [3.05, 3.63) is 29.3 Å². The molecule has 3 nitrogen and oxygen atoms in total. The second-order valence-electron chi connectivity index (χ2n) is 4.37. The fourth-order valence-electron chi connectivity index (χ4n) is 1.68. The van der Waals surface area contributed by atoms with Crippen LogP contribution in [0.2, 0.25) is 0 Å². The maximum Gasteiger partial charge on any atom is 0.221 e. The molecule has 0 aromatic heterocycles. The molecule has 0 unspecified atom stereocenters. The van der Waals surface area contributed by atoms with Crippen molar-refractivity contribution in [3.8, 4) is 0 Å². The number of hydrogen-bond donors (Lipinski definition) is 2. The average molecular weight is 204 g/mol. The van der Waals surface area contributed by atoms with Crippen LogP contribution in [0.5, 0.6) is 0 Å². The lowest BCUT2D eigenvalue weighted by Gasteiger charge is -2.13. The number of aryl methyl sites for hydroxylation is 1. The Morgan fingerprint density at radius 2 is 2.13 bits per heavy atom. The zero-order valence-electron chi connectivity index (χ0n) is 9.13. The second kappa shape index (κ2) is 3.35. The Balaban J connectivity index is 2.32. The minimum absolute atomic E-state index is 0.0443. The number of anilines is 1. The molecule has 3 N–H and O–H groups in total. The summed E-state index contributed by atoms with van der Waals surface area (Å²) in [6.07, 6.45) is 2.07. The highest BCUT2D eigenvalue weighted by Gasteiger charge is 2.40. The molecule has 0 heterocycles. The van der Waals surface area contributed by atoms with Gasteiger partial charge in [-0.1, -0.05) is 12.1 Å². The maximum atomic E-state index is 11.0. The third-order valence-electron chi connectivity index (χ3n) is 2.91. The molecule has 1 fully saturated rings. The van der Waals surface area contributed by atoms with E-state index in [1.54, 1.807) is 0 Å². The molecule has 1 aromatic carbocycles. The first-order valence-electron chi connectivity index (χ1n) is 5.19. The molecular formula is C12H16N2O. The standard InChI is InChI=1S/C12H16N2O/c1-8-3-4-10(12(13)5-6-12)7-11(8)14-9(2)15/h3-4,7H,5-6,13H2,1-2H3,(H,14,15). The highest BCUT2D eigenvalue weighted by atomic mass is 16.1. The maximum absolute atomic E-state index is 11.0. The van der Waals surface area contributed by atoms with Crippen LogP contribution in [0.4, 0.5) is 5.69 Å². The lowest BCUT2D eigenvalue weighted by molar-refractivity contribution is -0.114. The van der Waals surface area contributed by atoms with Crippen molar-refractivity contribution in [2.75, 3.05) is 5.32 Å². The predicted molar refractivity (Wildman–Crippen MR) is 60.6 cm³/mol. The topological polar surface area (TPSA) is 55.1 Å². The number of hydrogen-bond acceptors (Lipinski definition) is 2. The third-order valence-corrected chi connectivity index (χ3v) is 2.91. The van der Waals surface area contributed by atoms with E-state index < -0.39 is 0 Å². The Labute approximate surface area is 89.7 Å². The number of benzene rings is 1. The molecule has 0 aliphatic heterocycles. The van der Waals surface area contributed by atoms with Gasteiger partial charge in [-0.05, 0) is 37.0 Å². The first-order chi connectivity index (χ1) is 7.01. The molecule has 0 radical (unpaired) electrons. The van der Waals surface area contributed by atoms with Crippen molar-refractivity contribution in [1.82, 2.24) is 0 Å². The highest BCUT2D eigenvalue weighted by Crippen LogP contribution is 2.43. The third kappa shape index (κ3) is 2.02. The van der Waals surface area contributed by atoms with Crippen molar-refractivity contribution in [1.29, 1.82) is 0 Å². The predicted octanol–water partition coefficient (Wildman–Crippen LogP) is 1.90. The fourth-order valence-corrected chi connectivity index (χ4v) is 1.68. The number of nitrogens with two attached hydrogens (primary N) is 1. The summed E-state index contributed by atoms with van der Waals surface area (Å²) in [7, 11) is 0. The van der Waals surface area contributed by atoms with Crippen LogP contribution in [0.25, 0.3) is 0 Å². The van der Waals surface area contributed by atoms with E-state index in [-0.39, 0.29) is 11.4 Å². The SMILES string of the molecule is CC(=O)Nc1cc(C2(N)CC2)ccc1C. The Morgan fingerprint density at radius 1 is 1.47 bits per heavy atom. The van der Waals surface area contributed by atoms with Gasteiger partial charge in [-0.2, -0.15) is 0 Å². The number of nitrogens with one attached hydrogen (secondary N) is 1. The van der Waals surface area contributed by atoms with Crippen molar-refractivity contribution in [2.24, 2.45) is 5.73 Å². The van der Waals surface area contributed by atoms with Gasteiger partial charge < -0.3 is 11.1 Å². The molecule has 1 aliphatic rings. The summed E-state index contributed by atoms with van der Waals surface area (Å²) in [6.45, 7) is 3.49. The molecule has 15 heavy (non-hydrogen) atoms. The Morgan fingerprint density at radius 3 is 2.67 bits per heavy atom. The van der Waals surface area contributed by atoms with Gasteiger partial charge in [-0.3, -0.25) is 4.79 Å². The molecule has 80 valence electrons. The van der Waals surface area contributed by atoms with Crippen molar-refractivity contribution in [3.63, 3.8) is 0 Å². The van der Waals surface area contributed by atoms with Gasteiger partial charge in [0.15, 0.2) is 0 Å². The number of carbonyl (C=O) groups is 1. The van der Waals surface area contributed by atoms with Gasteiger partial charge in [-0.15, -0.1) is 0 Å². The van der Waals surface area contributed by atoms with Crippen LogP contribution in [0, 0.1) is 6.92 Å². The quantitative estimate of drug-likeness (QED) is 0.773. The summed E-state index contributed by atoms with van der Waals surface area (Å²) >= 11 is 0. The van der Waals surface area contributed by atoms with E-state index in [0.717, 1.165) is 29.7 Å². The van der Waals surface area contributed by atoms with E-state index in [1.165, 1.54) is 6.92 Å². The van der Waals surface area contributed by atoms with Crippen LogP contribution in [-0.2, 0) is 10.3 Å². The van der Waals surface area contributed by atoms with Crippen molar-refractivity contribution >= 4 is 11.6 Å². The monoisotopic (exact) mass is 204 g/mol. The molecule has 1 saturated carbocycles. The molecule has 0 atom stereocenters. The van der Waals surface area contributed by atoms with E-state index in [4.69, 9.17) is 5.73 Å². The van der Waals surface area contributed by atoms with Crippen LogP contribution in [0.3, 0.4) is 0 Å². The van der Waals surface area contributed by atoms with Crippen LogP contribution < -0.4 is 11.1 Å². The molecule has 0 saturated heterocycles. The largest absolute Gasteiger partial charge is 0.326 e. The van der Waals surface area contributed by atoms with Gasteiger partial charge in [0.2, 0.25) is 5.91 Å². The minimum Gasteiger partial charge on any atom is -0.326 e. The Kier molecular flexibility index (Phi) is 2.27. The lowest BCUT2D eigenvalue weighted by atomic mass is 10.0. The van der Waals surface area contributed by atoms with Crippen LogP contribution in [-0.4, -0.2) is 5.91 Å². The highest BCUT2D eigenvalue weighted by molar-refractivity contribution is 5.89. The number of amides is 1. The minimum atomic E-state index is -0.138. The van der Waals surface area contributed by atoms with Gasteiger partial charge in [0.25, 0.3) is 0 Å². The Bertz CT molecular complexity index is 408. The van der Waals surface area contributed by atoms with E-state index >= 15 is 0 Å². The second-order valence-corrected chi connectivity index (χ2v) is 4.37. The summed E-state index contributed by atoms with van der Waals surface area (Å²) in [5.74, 6) is -0.0443. The smallest absolute Gasteiger partial charge is 0.221 e. The Hall–Kier alpha value is -1.35. The molecule has 1 amide bonds. The van der Waals surface area contributed by atoms with Crippen molar-refractivity contribution < 1.29 is 4.79 Å². The molecule has 0 bridgehead atoms. The number of rotatable bonds is 2. The zero-order chi connectivity index (χ0) is 11.1. The summed E-state index contributed by atoms with van der Waals surface area (Å²) in [5.41, 5.74) is 9.03. The molecule has 1 aromatic rings. The van der Waals surface area contributed by atoms with Gasteiger partial charge in [0.05, 0.1) is 0 Å².